The number of pyridine rings is 3. The molecule has 0 aliphatic carbocycles. The predicted molar refractivity (Wildman–Crippen MR) is 167 cm³/mol. The van der Waals surface area contributed by atoms with E-state index in [9.17, 15) is 0 Å². The van der Waals surface area contributed by atoms with Crippen molar-refractivity contribution < 1.29 is 0 Å². The summed E-state index contributed by atoms with van der Waals surface area (Å²) in [7, 11) is 4.33. The first-order valence-electron chi connectivity index (χ1n) is 14.0. The second-order valence-electron chi connectivity index (χ2n) is 10.8. The lowest BCUT2D eigenvalue weighted by Crippen LogP contribution is -2.47. The number of anilines is 5. The van der Waals surface area contributed by atoms with Gasteiger partial charge in [0.15, 0.2) is 5.82 Å². The standard InChI is InChI=1S/C33H30N8/c1-37-16-18-39(29-12-5-6-15-34-29)28-21-31-40(19-17-38(2)41(31)33(28)37)30-14-13-23-10-7-11-26(32(23)36-30)27-20-24-8-3-4-9-25(24)22-35-27/h3-15,20-22H,16-19H2,1-2H3. The van der Waals surface area contributed by atoms with Gasteiger partial charge in [0, 0.05) is 68.5 Å². The number of nitrogens with zero attached hydrogens (tertiary/aromatic N) is 8. The molecule has 2 aromatic carbocycles. The number of fused-ring (bicyclic) bond motifs is 5. The van der Waals surface area contributed by atoms with E-state index < -0.39 is 0 Å². The highest BCUT2D eigenvalue weighted by atomic mass is 15.6. The fourth-order valence-electron chi connectivity index (χ4n) is 6.19. The van der Waals surface area contributed by atoms with E-state index in [2.05, 4.69) is 116 Å². The number of hydrogen-bond donors (Lipinski definition) is 0. The Morgan fingerprint density at radius 1 is 0.659 bits per heavy atom. The van der Waals surface area contributed by atoms with Crippen molar-refractivity contribution in [3.8, 4) is 11.3 Å². The fourth-order valence-corrected chi connectivity index (χ4v) is 6.19. The molecule has 0 unspecified atom stereocenters. The number of aromatic nitrogens is 4. The Balaban J connectivity index is 1.26. The molecule has 6 aromatic rings. The minimum absolute atomic E-state index is 0.835. The van der Waals surface area contributed by atoms with Crippen molar-refractivity contribution >= 4 is 50.6 Å². The second-order valence-corrected chi connectivity index (χ2v) is 10.8. The van der Waals surface area contributed by atoms with Gasteiger partial charge in [-0.25, -0.2) is 14.6 Å². The maximum absolute atomic E-state index is 5.30. The summed E-state index contributed by atoms with van der Waals surface area (Å²) in [6.45, 7) is 3.50. The van der Waals surface area contributed by atoms with Crippen LogP contribution in [0.4, 0.5) is 29.0 Å². The molecule has 202 valence electrons. The van der Waals surface area contributed by atoms with Gasteiger partial charge in [0.1, 0.15) is 17.5 Å². The van der Waals surface area contributed by atoms with Crippen LogP contribution in [0.5, 0.6) is 0 Å². The summed E-state index contributed by atoms with van der Waals surface area (Å²) in [5.74, 6) is 4.18. The topological polar surface area (TPSA) is 56.6 Å². The van der Waals surface area contributed by atoms with Crippen molar-refractivity contribution in [3.05, 3.63) is 97.3 Å². The Morgan fingerprint density at radius 3 is 2.37 bits per heavy atom. The minimum Gasteiger partial charge on any atom is -0.356 e. The number of para-hydroxylation sites is 1. The average Bonchev–Trinajstić information content (AvgIpc) is 3.43. The van der Waals surface area contributed by atoms with Crippen molar-refractivity contribution in [3.63, 3.8) is 0 Å². The van der Waals surface area contributed by atoms with Crippen LogP contribution in [0.2, 0.25) is 0 Å². The van der Waals surface area contributed by atoms with Crippen molar-refractivity contribution in [2.45, 2.75) is 0 Å². The highest BCUT2D eigenvalue weighted by molar-refractivity contribution is 5.96. The van der Waals surface area contributed by atoms with E-state index in [0.29, 0.717) is 0 Å². The first kappa shape index (κ1) is 23.7. The monoisotopic (exact) mass is 538 g/mol. The lowest BCUT2D eigenvalue weighted by Gasteiger charge is -2.40. The maximum atomic E-state index is 5.30. The van der Waals surface area contributed by atoms with E-state index >= 15 is 0 Å². The van der Waals surface area contributed by atoms with Crippen molar-refractivity contribution in [1.82, 2.24) is 19.6 Å². The van der Waals surface area contributed by atoms with Crippen LogP contribution >= 0.6 is 0 Å². The zero-order valence-electron chi connectivity index (χ0n) is 23.1. The van der Waals surface area contributed by atoms with Crippen LogP contribution in [-0.2, 0) is 0 Å². The summed E-state index contributed by atoms with van der Waals surface area (Å²) in [6.07, 6.45) is 3.82. The molecule has 0 saturated carbocycles. The lowest BCUT2D eigenvalue weighted by atomic mass is 10.0. The molecular weight excluding hydrogens is 508 g/mol. The van der Waals surface area contributed by atoms with E-state index in [1.54, 1.807) is 0 Å². The lowest BCUT2D eigenvalue weighted by molar-refractivity contribution is 0.596. The quantitative estimate of drug-likeness (QED) is 0.276. The second kappa shape index (κ2) is 9.23. The van der Waals surface area contributed by atoms with Gasteiger partial charge in [0.05, 0.1) is 23.4 Å². The molecule has 0 N–H and O–H groups in total. The highest BCUT2D eigenvalue weighted by Gasteiger charge is 2.34. The van der Waals surface area contributed by atoms with Crippen LogP contribution in [0.15, 0.2) is 97.3 Å². The first-order chi connectivity index (χ1) is 20.2. The summed E-state index contributed by atoms with van der Waals surface area (Å²) in [6, 6.07) is 29.6. The summed E-state index contributed by atoms with van der Waals surface area (Å²) >= 11 is 0. The Bertz CT molecular complexity index is 1910. The molecule has 8 nitrogen and oxygen atoms in total. The molecule has 0 spiro atoms. The average molecular weight is 539 g/mol. The summed E-state index contributed by atoms with van der Waals surface area (Å²) < 4.78 is 2.33. The summed E-state index contributed by atoms with van der Waals surface area (Å²) in [5.41, 5.74) is 4.10. The van der Waals surface area contributed by atoms with Gasteiger partial charge >= 0.3 is 0 Å². The van der Waals surface area contributed by atoms with E-state index in [-0.39, 0.29) is 0 Å². The predicted octanol–water partition coefficient (Wildman–Crippen LogP) is 5.95. The number of benzene rings is 2. The number of likely N-dealkylation sites (N-methyl/N-ethyl adjacent to an activating group) is 2. The van der Waals surface area contributed by atoms with Crippen LogP contribution in [0, 0.1) is 0 Å². The Kier molecular flexibility index (Phi) is 5.35. The largest absolute Gasteiger partial charge is 0.356 e. The molecule has 6 heterocycles. The Hall–Kier alpha value is -5.11. The SMILES string of the molecule is CN1CCN(c2ccccn2)c2cc3n(c21)N(C)CCN3c1ccc2cccc(-c3cc4ccccc4cn3)c2n1. The van der Waals surface area contributed by atoms with Crippen LogP contribution < -0.4 is 19.7 Å². The van der Waals surface area contributed by atoms with Gasteiger partial charge in [-0.05, 0) is 35.7 Å². The molecule has 0 radical (unpaired) electrons. The molecular formula is C33H30N8. The molecule has 0 fully saturated rings. The molecule has 8 heteroatoms. The fraction of sp³-hybridized carbons (Fsp3) is 0.182. The van der Waals surface area contributed by atoms with Gasteiger partial charge in [-0.3, -0.25) is 4.98 Å². The zero-order valence-corrected chi connectivity index (χ0v) is 23.1. The van der Waals surface area contributed by atoms with Gasteiger partial charge in [-0.15, -0.1) is 0 Å². The van der Waals surface area contributed by atoms with Gasteiger partial charge in [0.2, 0.25) is 0 Å². The minimum atomic E-state index is 0.835. The third-order valence-corrected chi connectivity index (χ3v) is 8.30. The first-order valence-corrected chi connectivity index (χ1v) is 14.0. The van der Waals surface area contributed by atoms with Crippen LogP contribution in [0.1, 0.15) is 0 Å². The molecule has 0 amide bonds. The van der Waals surface area contributed by atoms with Gasteiger partial charge in [-0.2, -0.15) is 0 Å². The van der Waals surface area contributed by atoms with Gasteiger partial charge < -0.3 is 19.7 Å². The van der Waals surface area contributed by atoms with E-state index in [1.165, 1.54) is 11.2 Å². The van der Waals surface area contributed by atoms with Crippen LogP contribution in [0.3, 0.4) is 0 Å². The molecule has 0 bridgehead atoms. The van der Waals surface area contributed by atoms with Crippen LogP contribution in [0.25, 0.3) is 32.9 Å². The molecule has 2 aliphatic rings. The molecule has 2 aliphatic heterocycles. The van der Waals surface area contributed by atoms with E-state index in [4.69, 9.17) is 9.97 Å². The third kappa shape index (κ3) is 3.78. The number of rotatable bonds is 3. The smallest absolute Gasteiger partial charge is 0.154 e. The van der Waals surface area contributed by atoms with E-state index in [0.717, 1.165) is 76.9 Å². The zero-order chi connectivity index (χ0) is 27.5. The van der Waals surface area contributed by atoms with E-state index in [1.807, 2.05) is 24.5 Å². The molecule has 0 atom stereocenters. The van der Waals surface area contributed by atoms with Gasteiger partial charge in [-0.1, -0.05) is 48.5 Å². The molecule has 0 saturated heterocycles. The molecule has 8 rings (SSSR count). The number of hydrogen-bond acceptors (Lipinski definition) is 7. The van der Waals surface area contributed by atoms with Gasteiger partial charge in [0.25, 0.3) is 0 Å². The normalized spacial score (nSPS) is 15.0. The van der Waals surface area contributed by atoms with Crippen molar-refractivity contribution in [2.24, 2.45) is 0 Å². The summed E-state index contributed by atoms with van der Waals surface area (Å²) in [5, 5.41) is 5.71. The Morgan fingerprint density at radius 2 is 1.49 bits per heavy atom. The third-order valence-electron chi connectivity index (χ3n) is 8.30. The van der Waals surface area contributed by atoms with Crippen LogP contribution in [-0.4, -0.2) is 59.9 Å². The van der Waals surface area contributed by atoms with Crippen molar-refractivity contribution in [2.75, 3.05) is 60.0 Å². The molecule has 4 aromatic heterocycles. The molecule has 41 heavy (non-hydrogen) atoms. The van der Waals surface area contributed by atoms with Crippen molar-refractivity contribution in [1.29, 1.82) is 0 Å². The maximum Gasteiger partial charge on any atom is 0.154 e. The summed E-state index contributed by atoms with van der Waals surface area (Å²) in [4.78, 5) is 21.8. The highest BCUT2D eigenvalue weighted by Crippen LogP contribution is 2.45. The Labute approximate surface area is 238 Å².